The third-order valence-corrected chi connectivity index (χ3v) is 2.94. The highest BCUT2D eigenvalue weighted by atomic mass is 16.7. The molecule has 0 aliphatic rings. The minimum atomic E-state index is -0.984. The average Bonchev–Trinajstić information content (AvgIpc) is 2.36. The van der Waals surface area contributed by atoms with E-state index in [9.17, 15) is 14.6 Å². The van der Waals surface area contributed by atoms with E-state index in [4.69, 9.17) is 5.11 Å². The van der Waals surface area contributed by atoms with E-state index in [1.807, 2.05) is 0 Å². The van der Waals surface area contributed by atoms with Crippen molar-refractivity contribution in [3.63, 3.8) is 0 Å². The first-order valence-electron chi connectivity index (χ1n) is 5.69. The molecule has 0 rings (SSSR count). The van der Waals surface area contributed by atoms with Gasteiger partial charge in [0.15, 0.2) is 5.34 Å². The smallest absolute Gasteiger partial charge is 0.306 e. The lowest BCUT2D eigenvalue weighted by molar-refractivity contribution is -0.142. The molecule has 0 spiro atoms. The number of carboxylic acids is 1. The Kier molecular flexibility index (Phi) is 7.50. The van der Waals surface area contributed by atoms with Crippen LogP contribution < -0.4 is 0 Å². The van der Waals surface area contributed by atoms with Gasteiger partial charge in [-0.05, 0) is 18.4 Å². The number of carbonyl (C=O) groups is 1. The number of hydrogen-bond acceptors (Lipinski definition) is 6. The van der Waals surface area contributed by atoms with E-state index in [1.165, 1.54) is 19.1 Å². The largest absolute Gasteiger partial charge is 0.481 e. The summed E-state index contributed by atoms with van der Waals surface area (Å²) in [5.74, 6) is -2.12. The van der Waals surface area contributed by atoms with Gasteiger partial charge in [0, 0.05) is 0 Å². The molecule has 0 fully saturated rings. The first-order valence-corrected chi connectivity index (χ1v) is 5.69. The van der Waals surface area contributed by atoms with Crippen LogP contribution in [0.2, 0.25) is 0 Å². The predicted octanol–water partition coefficient (Wildman–Crippen LogP) is 2.51. The molecule has 102 valence electrons. The van der Waals surface area contributed by atoms with Crippen LogP contribution >= 0.6 is 0 Å². The van der Waals surface area contributed by atoms with Crippen molar-refractivity contribution in [1.82, 2.24) is 0 Å². The van der Waals surface area contributed by atoms with Gasteiger partial charge in [-0.15, -0.1) is 4.91 Å². The van der Waals surface area contributed by atoms with Gasteiger partial charge in [-0.3, -0.25) is 4.79 Å². The molecule has 7 heteroatoms. The molecule has 0 amide bonds. The van der Waals surface area contributed by atoms with Crippen molar-refractivity contribution in [2.75, 3.05) is 0 Å². The minimum Gasteiger partial charge on any atom is -0.481 e. The molecule has 0 saturated carbocycles. The summed E-state index contributed by atoms with van der Waals surface area (Å²) in [6, 6.07) is -0.777. The maximum atomic E-state index is 10.8. The first-order chi connectivity index (χ1) is 8.47. The molecule has 0 aliphatic heterocycles. The van der Waals surface area contributed by atoms with Gasteiger partial charge < -0.3 is 9.94 Å². The lowest BCUT2D eigenvalue weighted by atomic mass is 9.89. The van der Waals surface area contributed by atoms with E-state index in [1.54, 1.807) is 13.8 Å². The van der Waals surface area contributed by atoms with Gasteiger partial charge >= 0.3 is 5.97 Å². The molecule has 0 aliphatic carbocycles. The Balaban J connectivity index is 4.67. The zero-order valence-electron chi connectivity index (χ0n) is 10.6. The summed E-state index contributed by atoms with van der Waals surface area (Å²) in [5, 5.41) is 14.1. The van der Waals surface area contributed by atoms with E-state index in [0.717, 1.165) is 0 Å². The van der Waals surface area contributed by atoms with Crippen molar-refractivity contribution in [1.29, 1.82) is 0 Å². The maximum absolute atomic E-state index is 10.8. The lowest BCUT2D eigenvalue weighted by Gasteiger charge is -2.18. The summed E-state index contributed by atoms with van der Waals surface area (Å²) >= 11 is 0. The Morgan fingerprint density at radius 3 is 2.33 bits per heavy atom. The molecular formula is C11H18N2O5. The Bertz CT molecular complexity index is 319. The van der Waals surface area contributed by atoms with Crippen molar-refractivity contribution < 1.29 is 14.7 Å². The third-order valence-electron chi connectivity index (χ3n) is 2.94. The van der Waals surface area contributed by atoms with Crippen LogP contribution in [0.15, 0.2) is 22.7 Å². The number of rotatable bonds is 9. The van der Waals surface area contributed by atoms with Gasteiger partial charge in [-0.2, -0.15) is 4.91 Å². The van der Waals surface area contributed by atoms with Crippen LogP contribution in [-0.4, -0.2) is 23.2 Å². The van der Waals surface area contributed by atoms with Gasteiger partial charge in [0.2, 0.25) is 0 Å². The van der Waals surface area contributed by atoms with E-state index in [-0.39, 0.29) is 0 Å². The van der Waals surface area contributed by atoms with Crippen molar-refractivity contribution in [2.45, 2.75) is 39.3 Å². The zero-order chi connectivity index (χ0) is 14.1. The Morgan fingerprint density at radius 1 is 1.33 bits per heavy atom. The van der Waals surface area contributed by atoms with Crippen molar-refractivity contribution in [3.05, 3.63) is 22.0 Å². The van der Waals surface area contributed by atoms with Gasteiger partial charge in [-0.1, -0.05) is 32.0 Å². The quantitative estimate of drug-likeness (QED) is 0.388. The number of nitroso groups, excluding NO2 is 1. The first kappa shape index (κ1) is 16.2. The summed E-state index contributed by atoms with van der Waals surface area (Å²) in [4.78, 5) is 36.0. The normalized spacial score (nSPS) is 17.7. The maximum Gasteiger partial charge on any atom is 0.306 e. The monoisotopic (exact) mass is 258 g/mol. The van der Waals surface area contributed by atoms with Crippen LogP contribution in [0.25, 0.3) is 0 Å². The highest BCUT2D eigenvalue weighted by Gasteiger charge is 2.26. The Labute approximate surface area is 105 Å². The summed E-state index contributed by atoms with van der Waals surface area (Å²) < 4.78 is 0. The lowest BCUT2D eigenvalue weighted by Crippen LogP contribution is -2.26. The fraction of sp³-hybridized carbons (Fsp3) is 0.727. The summed E-state index contributed by atoms with van der Waals surface area (Å²) in [6.45, 7) is 4.93. The molecule has 1 N–H and O–H groups in total. The van der Waals surface area contributed by atoms with E-state index >= 15 is 0 Å². The second-order valence-corrected chi connectivity index (χ2v) is 4.09. The molecule has 0 aromatic heterocycles. The molecule has 4 unspecified atom stereocenters. The topological polar surface area (TPSA) is 105 Å². The fourth-order valence-corrected chi connectivity index (χ4v) is 1.37. The average molecular weight is 258 g/mol. The van der Waals surface area contributed by atoms with Crippen LogP contribution in [0.4, 0.5) is 0 Å². The summed E-state index contributed by atoms with van der Waals surface area (Å²) in [7, 11) is 0. The predicted molar refractivity (Wildman–Crippen MR) is 65.6 cm³/mol. The van der Waals surface area contributed by atoms with Crippen molar-refractivity contribution >= 4 is 5.97 Å². The van der Waals surface area contributed by atoms with E-state index < -0.39 is 30.0 Å². The molecular weight excluding hydrogens is 240 g/mol. The molecule has 0 bridgehead atoms. The SMILES string of the molecule is CCC(/C=C/C(N=O)C(C)C(C)C(=O)O)ON=O. The third kappa shape index (κ3) is 5.03. The molecule has 7 nitrogen and oxygen atoms in total. The van der Waals surface area contributed by atoms with Gasteiger partial charge in [0.1, 0.15) is 12.1 Å². The molecule has 0 radical (unpaired) electrons. The molecule has 0 aromatic rings. The summed E-state index contributed by atoms with van der Waals surface area (Å²) in [5.41, 5.74) is 0. The minimum absolute atomic E-state index is 0.446. The fourth-order valence-electron chi connectivity index (χ4n) is 1.37. The zero-order valence-corrected chi connectivity index (χ0v) is 10.6. The van der Waals surface area contributed by atoms with E-state index in [2.05, 4.69) is 15.4 Å². The highest BCUT2D eigenvalue weighted by molar-refractivity contribution is 5.70. The second kappa shape index (κ2) is 8.32. The highest BCUT2D eigenvalue weighted by Crippen LogP contribution is 2.19. The van der Waals surface area contributed by atoms with Crippen LogP contribution in [0.5, 0.6) is 0 Å². The van der Waals surface area contributed by atoms with Crippen LogP contribution in [0.1, 0.15) is 27.2 Å². The molecule has 0 saturated heterocycles. The van der Waals surface area contributed by atoms with Crippen molar-refractivity contribution in [2.24, 2.45) is 22.4 Å². The second-order valence-electron chi connectivity index (χ2n) is 4.09. The van der Waals surface area contributed by atoms with Crippen LogP contribution in [0, 0.1) is 21.6 Å². The van der Waals surface area contributed by atoms with Gasteiger partial charge in [-0.25, -0.2) is 0 Å². The molecule has 18 heavy (non-hydrogen) atoms. The van der Waals surface area contributed by atoms with Crippen LogP contribution in [-0.2, 0) is 9.63 Å². The molecule has 0 aromatic carbocycles. The van der Waals surface area contributed by atoms with Crippen LogP contribution in [0.3, 0.4) is 0 Å². The standard InChI is InChI=1S/C11H18N2O5/c1-4-9(18-13-17)5-6-10(12-16)7(2)8(3)11(14)15/h5-10H,4H2,1-3H3,(H,14,15)/b6-5+. The van der Waals surface area contributed by atoms with Gasteiger partial charge in [0.05, 0.1) is 5.92 Å². The Morgan fingerprint density at radius 2 is 1.94 bits per heavy atom. The number of aliphatic carboxylic acids is 1. The Hall–Kier alpha value is -1.79. The van der Waals surface area contributed by atoms with Gasteiger partial charge in [0.25, 0.3) is 0 Å². The number of nitrogens with zero attached hydrogens (tertiary/aromatic N) is 2. The molecule has 0 heterocycles. The molecule has 4 atom stereocenters. The number of hydrogen-bond donors (Lipinski definition) is 1. The summed E-state index contributed by atoms with van der Waals surface area (Å²) in [6.07, 6.45) is 2.94. The number of carboxylic acid groups (broad SMARTS) is 1. The van der Waals surface area contributed by atoms with E-state index in [0.29, 0.717) is 6.42 Å². The van der Waals surface area contributed by atoms with Crippen molar-refractivity contribution in [3.8, 4) is 0 Å².